The van der Waals surface area contributed by atoms with Crippen molar-refractivity contribution in [2.24, 2.45) is 0 Å². The molecule has 160 valence electrons. The minimum Gasteiger partial charge on any atom is -0.380 e. The third-order valence-corrected chi connectivity index (χ3v) is 5.68. The Morgan fingerprint density at radius 1 is 1.30 bits per heavy atom. The first-order valence-electron chi connectivity index (χ1n) is 10.1. The molecular weight excluding hydrogens is 387 g/mol. The quantitative estimate of drug-likeness (QED) is 0.540. The molecular formula is C24H28F3N3. The number of aromatic nitrogens is 2. The summed E-state index contributed by atoms with van der Waals surface area (Å²) in [5.41, 5.74) is 3.70. The van der Waals surface area contributed by atoms with Crippen LogP contribution in [-0.4, -0.2) is 34.2 Å². The third kappa shape index (κ3) is 4.53. The number of allylic oxidation sites excluding steroid dienone is 3. The van der Waals surface area contributed by atoms with Crippen molar-refractivity contribution >= 4 is 11.1 Å². The normalized spacial score (nSPS) is 14.6. The highest BCUT2D eigenvalue weighted by atomic mass is 19.4. The molecule has 6 heteroatoms. The molecule has 0 N–H and O–H groups in total. The van der Waals surface area contributed by atoms with Crippen LogP contribution in [0.25, 0.3) is 11.1 Å². The SMILES string of the molecule is C=C1CCCc2c1cc(Cn1ccnc1C)cc2/C(=C/N(C)CC)C(=C)C(F)(F)F. The molecule has 1 aliphatic rings. The molecule has 1 aliphatic carbocycles. The van der Waals surface area contributed by atoms with Crippen LogP contribution in [0.5, 0.6) is 0 Å². The van der Waals surface area contributed by atoms with Gasteiger partial charge in [-0.1, -0.05) is 13.2 Å². The first-order chi connectivity index (χ1) is 14.1. The zero-order chi connectivity index (χ0) is 22.1. The maximum atomic E-state index is 13.7. The molecule has 0 radical (unpaired) electrons. The lowest BCUT2D eigenvalue weighted by atomic mass is 9.81. The van der Waals surface area contributed by atoms with E-state index >= 15 is 0 Å². The summed E-state index contributed by atoms with van der Waals surface area (Å²) in [5.74, 6) is 0.856. The standard InChI is InChI=1S/C24H28F3N3/c1-6-29(5)15-23(17(3)24(25,26)27)22-13-19(14-30-11-10-28-18(30)4)12-21-16(2)8-7-9-20(21)22/h10-13,15H,2-3,6-9,14H2,1,4-5H3/b23-15+. The lowest BCUT2D eigenvalue weighted by Crippen LogP contribution is -2.18. The Balaban J connectivity index is 2.21. The highest BCUT2D eigenvalue weighted by Gasteiger charge is 2.36. The van der Waals surface area contributed by atoms with Crippen LogP contribution in [0.15, 0.2) is 49.5 Å². The van der Waals surface area contributed by atoms with Gasteiger partial charge in [-0.3, -0.25) is 0 Å². The molecule has 0 aliphatic heterocycles. The molecule has 0 unspecified atom stereocenters. The highest BCUT2D eigenvalue weighted by Crippen LogP contribution is 2.41. The van der Waals surface area contributed by atoms with Crippen molar-refractivity contribution in [1.29, 1.82) is 0 Å². The fourth-order valence-corrected chi connectivity index (χ4v) is 3.80. The summed E-state index contributed by atoms with van der Waals surface area (Å²) < 4.78 is 43.1. The second kappa shape index (κ2) is 8.54. The molecule has 0 bridgehead atoms. The van der Waals surface area contributed by atoms with Crippen molar-refractivity contribution < 1.29 is 13.2 Å². The van der Waals surface area contributed by atoms with Gasteiger partial charge < -0.3 is 9.47 Å². The maximum Gasteiger partial charge on any atom is 0.416 e. The molecule has 0 saturated heterocycles. The van der Waals surface area contributed by atoms with E-state index in [1.54, 1.807) is 24.3 Å². The van der Waals surface area contributed by atoms with E-state index < -0.39 is 11.7 Å². The van der Waals surface area contributed by atoms with Gasteiger partial charge in [0, 0.05) is 44.3 Å². The highest BCUT2D eigenvalue weighted by molar-refractivity contribution is 5.85. The Bertz CT molecular complexity index is 996. The van der Waals surface area contributed by atoms with Crippen molar-refractivity contribution in [2.75, 3.05) is 13.6 Å². The fourth-order valence-electron chi connectivity index (χ4n) is 3.80. The van der Waals surface area contributed by atoms with Gasteiger partial charge in [0.25, 0.3) is 0 Å². The Kier molecular flexibility index (Phi) is 6.25. The topological polar surface area (TPSA) is 21.1 Å². The summed E-state index contributed by atoms with van der Waals surface area (Å²) in [6.45, 7) is 12.6. The van der Waals surface area contributed by atoms with Gasteiger partial charge >= 0.3 is 6.18 Å². The number of imidazole rings is 1. The number of alkyl halides is 3. The lowest BCUT2D eigenvalue weighted by molar-refractivity contribution is -0.0867. The number of hydrogen-bond donors (Lipinski definition) is 0. The first kappa shape index (κ1) is 21.9. The van der Waals surface area contributed by atoms with Crippen LogP contribution >= 0.6 is 0 Å². The van der Waals surface area contributed by atoms with Crippen LogP contribution in [0.4, 0.5) is 13.2 Å². The van der Waals surface area contributed by atoms with Crippen LogP contribution in [-0.2, 0) is 13.0 Å². The van der Waals surface area contributed by atoms with Crippen LogP contribution in [0.3, 0.4) is 0 Å². The van der Waals surface area contributed by atoms with E-state index in [1.165, 1.54) is 0 Å². The summed E-state index contributed by atoms with van der Waals surface area (Å²) in [7, 11) is 1.77. The zero-order valence-electron chi connectivity index (χ0n) is 17.8. The minimum absolute atomic E-state index is 0.127. The first-order valence-corrected chi connectivity index (χ1v) is 10.1. The Hall–Kier alpha value is -2.76. The summed E-state index contributed by atoms with van der Waals surface area (Å²) in [4.78, 5) is 6.00. The van der Waals surface area contributed by atoms with E-state index in [9.17, 15) is 13.2 Å². The average Bonchev–Trinajstić information content (AvgIpc) is 3.09. The van der Waals surface area contributed by atoms with Crippen LogP contribution in [0, 0.1) is 6.92 Å². The Morgan fingerprint density at radius 2 is 2.03 bits per heavy atom. The molecule has 30 heavy (non-hydrogen) atoms. The molecule has 3 nitrogen and oxygen atoms in total. The van der Waals surface area contributed by atoms with Gasteiger partial charge in [-0.15, -0.1) is 0 Å². The Morgan fingerprint density at radius 3 is 2.63 bits per heavy atom. The van der Waals surface area contributed by atoms with Gasteiger partial charge in [0.2, 0.25) is 0 Å². The number of aryl methyl sites for hydroxylation is 1. The predicted octanol–water partition coefficient (Wildman–Crippen LogP) is 6.00. The lowest BCUT2D eigenvalue weighted by Gasteiger charge is -2.26. The molecule has 1 heterocycles. The van der Waals surface area contributed by atoms with E-state index in [0.29, 0.717) is 18.7 Å². The minimum atomic E-state index is -4.50. The number of fused-ring (bicyclic) bond motifs is 1. The molecule has 0 saturated carbocycles. The van der Waals surface area contributed by atoms with E-state index in [1.807, 2.05) is 30.7 Å². The summed E-state index contributed by atoms with van der Waals surface area (Å²) in [6, 6.07) is 3.94. The van der Waals surface area contributed by atoms with Gasteiger partial charge in [-0.25, -0.2) is 4.98 Å². The summed E-state index contributed by atoms with van der Waals surface area (Å²) in [6.07, 6.45) is 3.12. The summed E-state index contributed by atoms with van der Waals surface area (Å²) >= 11 is 0. The second-order valence-corrected chi connectivity index (χ2v) is 7.82. The smallest absolute Gasteiger partial charge is 0.380 e. The molecule has 0 atom stereocenters. The van der Waals surface area contributed by atoms with E-state index in [2.05, 4.69) is 24.2 Å². The van der Waals surface area contributed by atoms with Crippen molar-refractivity contribution in [3.63, 3.8) is 0 Å². The van der Waals surface area contributed by atoms with Gasteiger partial charge in [0.1, 0.15) is 5.82 Å². The summed E-state index contributed by atoms with van der Waals surface area (Å²) in [5, 5.41) is 0. The van der Waals surface area contributed by atoms with E-state index in [0.717, 1.165) is 47.4 Å². The van der Waals surface area contributed by atoms with Gasteiger partial charge in [0.05, 0.1) is 5.57 Å². The van der Waals surface area contributed by atoms with Crippen LogP contribution < -0.4 is 0 Å². The third-order valence-electron chi connectivity index (χ3n) is 5.68. The molecule has 0 spiro atoms. The van der Waals surface area contributed by atoms with Crippen LogP contribution in [0.1, 0.15) is 47.8 Å². The number of benzene rings is 1. The number of hydrogen-bond acceptors (Lipinski definition) is 2. The molecule has 1 aromatic heterocycles. The largest absolute Gasteiger partial charge is 0.416 e. The molecule has 3 rings (SSSR count). The Labute approximate surface area is 176 Å². The molecule has 0 fully saturated rings. The zero-order valence-corrected chi connectivity index (χ0v) is 17.8. The van der Waals surface area contributed by atoms with Crippen molar-refractivity contribution in [2.45, 2.75) is 45.8 Å². The van der Waals surface area contributed by atoms with Gasteiger partial charge in [0.15, 0.2) is 0 Å². The fraction of sp³-hybridized carbons (Fsp3) is 0.375. The molecule has 2 aromatic rings. The van der Waals surface area contributed by atoms with Crippen molar-refractivity contribution in [3.8, 4) is 0 Å². The van der Waals surface area contributed by atoms with Gasteiger partial charge in [-0.05, 0) is 73.1 Å². The maximum absolute atomic E-state index is 13.7. The average molecular weight is 416 g/mol. The molecule has 0 amide bonds. The monoisotopic (exact) mass is 415 g/mol. The molecule has 1 aromatic carbocycles. The van der Waals surface area contributed by atoms with E-state index in [4.69, 9.17) is 0 Å². The number of halogens is 3. The van der Waals surface area contributed by atoms with Crippen molar-refractivity contribution in [3.05, 3.63) is 77.5 Å². The van der Waals surface area contributed by atoms with Crippen LogP contribution in [0.2, 0.25) is 0 Å². The predicted molar refractivity (Wildman–Crippen MR) is 116 cm³/mol. The van der Waals surface area contributed by atoms with Crippen molar-refractivity contribution in [1.82, 2.24) is 14.5 Å². The number of nitrogens with zero attached hydrogens (tertiary/aromatic N) is 3. The van der Waals surface area contributed by atoms with E-state index in [-0.39, 0.29) is 5.57 Å². The second-order valence-electron chi connectivity index (χ2n) is 7.82. The van der Waals surface area contributed by atoms with Gasteiger partial charge in [-0.2, -0.15) is 13.2 Å². The number of rotatable bonds is 6.